The van der Waals surface area contributed by atoms with E-state index in [1.807, 2.05) is 0 Å². The quantitative estimate of drug-likeness (QED) is 0.0596. The Labute approximate surface area is 316 Å². The van der Waals surface area contributed by atoms with Gasteiger partial charge in [0.25, 0.3) is 0 Å². The predicted molar refractivity (Wildman–Crippen MR) is 224 cm³/mol. The molecule has 0 N–H and O–H groups in total. The van der Waals surface area contributed by atoms with Gasteiger partial charge in [-0.25, -0.2) is 0 Å². The molecular formula is C50H64S. The molecule has 4 aromatic carbocycles. The summed E-state index contributed by atoms with van der Waals surface area (Å²) in [6.07, 6.45) is 30.5. The van der Waals surface area contributed by atoms with Crippen LogP contribution in [0.4, 0.5) is 0 Å². The summed E-state index contributed by atoms with van der Waals surface area (Å²) >= 11 is 4.43. The maximum absolute atomic E-state index is 4.43. The lowest BCUT2D eigenvalue weighted by Gasteiger charge is -2.37. The first-order valence-electron chi connectivity index (χ1n) is 21.3. The lowest BCUT2D eigenvalue weighted by atomic mass is 9.69. The molecule has 270 valence electrons. The number of hydrogen-bond acceptors (Lipinski definition) is 1. The smallest absolute Gasteiger partial charge is 0.00107 e. The van der Waals surface area contributed by atoms with Gasteiger partial charge in [0.15, 0.2) is 0 Å². The van der Waals surface area contributed by atoms with Gasteiger partial charge in [0.2, 0.25) is 0 Å². The number of aryl methyl sites for hydroxylation is 2. The molecular weight excluding hydrogens is 633 g/mol. The molecule has 3 aliphatic rings. The first kappa shape index (κ1) is 36.6. The maximum Gasteiger partial charge on any atom is -0.00107 e. The molecule has 4 aromatic rings. The zero-order valence-corrected chi connectivity index (χ0v) is 32.4. The van der Waals surface area contributed by atoms with Crippen molar-refractivity contribution in [3.8, 4) is 22.3 Å². The number of thiol groups is 1. The highest BCUT2D eigenvalue weighted by Crippen LogP contribution is 2.43. The van der Waals surface area contributed by atoms with Crippen molar-refractivity contribution in [1.82, 2.24) is 0 Å². The summed E-state index contributed by atoms with van der Waals surface area (Å²) in [5.74, 6) is 4.00. The van der Waals surface area contributed by atoms with Crippen molar-refractivity contribution in [2.24, 2.45) is 17.8 Å². The third kappa shape index (κ3) is 9.43. The lowest BCUT2D eigenvalue weighted by Crippen LogP contribution is -2.25. The standard InChI is InChI=1S/C50H64S/c51-34-16-6-5-7-19-38-32-33-39(20-8-1-2-9-21-40-26-17-30-47-45-28-14-12-24-43(45)36-49(40)47)42(35-38)23-11-4-3-10-22-41-27-18-31-48-46-29-15-13-25-44(46)37-50(41)48/h12-15,17-18,24-31,38-39,42,51H,1-11,16,19-23,32-37H2. The Kier molecular flexibility index (Phi) is 13.5. The molecule has 1 heteroatoms. The topological polar surface area (TPSA) is 0 Å². The Morgan fingerprint density at radius 2 is 0.922 bits per heavy atom. The van der Waals surface area contributed by atoms with Crippen molar-refractivity contribution >= 4 is 12.6 Å². The van der Waals surface area contributed by atoms with E-state index in [1.54, 1.807) is 22.3 Å². The van der Waals surface area contributed by atoms with E-state index in [4.69, 9.17) is 0 Å². The molecule has 0 saturated heterocycles. The minimum atomic E-state index is 0.977. The second-order valence-corrected chi connectivity index (χ2v) is 17.0. The average Bonchev–Trinajstić information content (AvgIpc) is 3.74. The Morgan fingerprint density at radius 3 is 1.51 bits per heavy atom. The van der Waals surface area contributed by atoms with Gasteiger partial charge in [-0.05, 0) is 137 Å². The summed E-state index contributed by atoms with van der Waals surface area (Å²) in [5.41, 5.74) is 15.4. The molecule has 0 amide bonds. The lowest BCUT2D eigenvalue weighted by molar-refractivity contribution is 0.147. The molecule has 0 aromatic heterocycles. The monoisotopic (exact) mass is 696 g/mol. The molecule has 0 spiro atoms. The van der Waals surface area contributed by atoms with Crippen molar-refractivity contribution in [1.29, 1.82) is 0 Å². The molecule has 0 aliphatic heterocycles. The van der Waals surface area contributed by atoms with Gasteiger partial charge in [-0.3, -0.25) is 0 Å². The van der Waals surface area contributed by atoms with Crippen LogP contribution in [0.2, 0.25) is 0 Å². The van der Waals surface area contributed by atoms with Gasteiger partial charge in [0.1, 0.15) is 0 Å². The van der Waals surface area contributed by atoms with Crippen molar-refractivity contribution in [3.63, 3.8) is 0 Å². The molecule has 1 fully saturated rings. The Balaban J connectivity index is 0.836. The van der Waals surface area contributed by atoms with Crippen molar-refractivity contribution in [2.75, 3.05) is 5.75 Å². The normalized spacial score (nSPS) is 18.7. The second-order valence-electron chi connectivity index (χ2n) is 16.6. The Hall–Kier alpha value is -2.77. The molecule has 0 bridgehead atoms. The van der Waals surface area contributed by atoms with Gasteiger partial charge < -0.3 is 0 Å². The van der Waals surface area contributed by atoms with E-state index >= 15 is 0 Å². The molecule has 0 nitrogen and oxygen atoms in total. The summed E-state index contributed by atoms with van der Waals surface area (Å²) in [7, 11) is 0. The number of rotatable bonds is 20. The molecule has 51 heavy (non-hydrogen) atoms. The van der Waals surface area contributed by atoms with Gasteiger partial charge in [0, 0.05) is 0 Å². The summed E-state index contributed by atoms with van der Waals surface area (Å²) in [6, 6.07) is 32.1. The molecule has 3 aliphatic carbocycles. The first-order valence-corrected chi connectivity index (χ1v) is 21.9. The fourth-order valence-corrected chi connectivity index (χ4v) is 10.6. The maximum atomic E-state index is 4.43. The molecule has 3 unspecified atom stereocenters. The van der Waals surface area contributed by atoms with Crippen molar-refractivity contribution < 1.29 is 0 Å². The van der Waals surface area contributed by atoms with E-state index in [-0.39, 0.29) is 0 Å². The van der Waals surface area contributed by atoms with Crippen LogP contribution in [0.1, 0.15) is 149 Å². The van der Waals surface area contributed by atoms with E-state index in [2.05, 4.69) is 97.6 Å². The number of fused-ring (bicyclic) bond motifs is 6. The number of hydrogen-bond donors (Lipinski definition) is 1. The Bertz CT molecular complexity index is 1680. The first-order chi connectivity index (χ1) is 25.3. The number of benzene rings is 4. The van der Waals surface area contributed by atoms with E-state index in [0.29, 0.717) is 0 Å². The zero-order chi connectivity index (χ0) is 34.7. The molecule has 0 radical (unpaired) electrons. The summed E-state index contributed by atoms with van der Waals surface area (Å²) in [6.45, 7) is 0. The van der Waals surface area contributed by atoms with Crippen molar-refractivity contribution in [2.45, 2.75) is 141 Å². The third-order valence-electron chi connectivity index (χ3n) is 13.2. The predicted octanol–water partition coefficient (Wildman–Crippen LogP) is 14.4. The fourth-order valence-electron chi connectivity index (χ4n) is 10.4. The molecule has 3 atom stereocenters. The highest BCUT2D eigenvalue weighted by atomic mass is 32.1. The van der Waals surface area contributed by atoms with Gasteiger partial charge in [-0.2, -0.15) is 12.6 Å². The average molecular weight is 697 g/mol. The minimum absolute atomic E-state index is 0.977. The van der Waals surface area contributed by atoms with Crippen LogP contribution in [0.25, 0.3) is 22.3 Å². The van der Waals surface area contributed by atoms with Crippen LogP contribution in [-0.2, 0) is 25.7 Å². The third-order valence-corrected chi connectivity index (χ3v) is 13.5. The van der Waals surface area contributed by atoms with Crippen molar-refractivity contribution in [3.05, 3.63) is 118 Å². The SMILES string of the molecule is SCCCCCCC1CCC(CCCCCCc2cccc3c2Cc2ccccc2-3)C(CCCCCCc2cccc3c2Cc2ccccc2-3)C1. The highest BCUT2D eigenvalue weighted by molar-refractivity contribution is 7.80. The number of unbranched alkanes of at least 4 members (excludes halogenated alkanes) is 9. The van der Waals surface area contributed by atoms with E-state index in [9.17, 15) is 0 Å². The van der Waals surface area contributed by atoms with Crippen LogP contribution < -0.4 is 0 Å². The van der Waals surface area contributed by atoms with Crippen LogP contribution in [0.5, 0.6) is 0 Å². The van der Waals surface area contributed by atoms with Crippen LogP contribution >= 0.6 is 12.6 Å². The van der Waals surface area contributed by atoms with Crippen LogP contribution in [0.3, 0.4) is 0 Å². The van der Waals surface area contributed by atoms with E-state index < -0.39 is 0 Å². The Morgan fingerprint density at radius 1 is 0.431 bits per heavy atom. The van der Waals surface area contributed by atoms with Gasteiger partial charge in [0.05, 0.1) is 0 Å². The van der Waals surface area contributed by atoms with E-state index in [0.717, 1.165) is 36.3 Å². The van der Waals surface area contributed by atoms with Gasteiger partial charge in [-0.1, -0.05) is 168 Å². The zero-order valence-electron chi connectivity index (χ0n) is 31.5. The summed E-state index contributed by atoms with van der Waals surface area (Å²) in [5, 5.41) is 0. The highest BCUT2D eigenvalue weighted by Gasteiger charge is 2.29. The molecule has 0 heterocycles. The molecule has 7 rings (SSSR count). The van der Waals surface area contributed by atoms with E-state index in [1.165, 1.54) is 162 Å². The summed E-state index contributed by atoms with van der Waals surface area (Å²) < 4.78 is 0. The van der Waals surface area contributed by atoms with Crippen LogP contribution in [0.15, 0.2) is 84.9 Å². The minimum Gasteiger partial charge on any atom is -0.179 e. The van der Waals surface area contributed by atoms with Crippen LogP contribution in [0, 0.1) is 17.8 Å². The van der Waals surface area contributed by atoms with Gasteiger partial charge >= 0.3 is 0 Å². The molecule has 1 saturated carbocycles. The van der Waals surface area contributed by atoms with Crippen LogP contribution in [-0.4, -0.2) is 5.75 Å². The largest absolute Gasteiger partial charge is 0.179 e. The van der Waals surface area contributed by atoms with Gasteiger partial charge in [-0.15, -0.1) is 0 Å². The fraction of sp³-hybridized carbons (Fsp3) is 0.520. The summed E-state index contributed by atoms with van der Waals surface area (Å²) in [4.78, 5) is 0. The second kappa shape index (κ2) is 18.8.